The molecule has 1 atom stereocenters. The van der Waals surface area contributed by atoms with Gasteiger partial charge in [0.05, 0.1) is 24.9 Å². The van der Waals surface area contributed by atoms with E-state index in [1.165, 1.54) is 10.4 Å². The minimum Gasteiger partial charge on any atom is -0.493 e. The molecule has 0 aliphatic carbocycles. The molecule has 1 fully saturated rings. The number of amides is 1. The number of sulfonamides is 1. The molecule has 1 aliphatic heterocycles. The summed E-state index contributed by atoms with van der Waals surface area (Å²) in [6.45, 7) is 2.05. The van der Waals surface area contributed by atoms with Gasteiger partial charge in [-0.1, -0.05) is 6.07 Å². The van der Waals surface area contributed by atoms with Gasteiger partial charge >= 0.3 is 0 Å². The number of aryl methyl sites for hydroxylation is 1. The highest BCUT2D eigenvalue weighted by Crippen LogP contribution is 2.23. The number of carbonyl (C=O) groups excluding carboxylic acids is 1. The summed E-state index contributed by atoms with van der Waals surface area (Å²) in [5.41, 5.74) is 11.6. The zero-order valence-corrected chi connectivity index (χ0v) is 17.3. The molecule has 1 unspecified atom stereocenters. The predicted octanol–water partition coefficient (Wildman–Crippen LogP) is -0.304. The third-order valence-electron chi connectivity index (χ3n) is 5.06. The number of hydrogen-bond acceptors (Lipinski definition) is 7. The summed E-state index contributed by atoms with van der Waals surface area (Å²) < 4.78 is 31.9. The number of primary amides is 1. The van der Waals surface area contributed by atoms with Crippen molar-refractivity contribution in [2.75, 3.05) is 26.3 Å². The van der Waals surface area contributed by atoms with Crippen LogP contribution in [0.2, 0.25) is 0 Å². The Kier molecular flexibility index (Phi) is 7.78. The SMILES string of the molecule is Cc1cc(OCCC(O)CO)ccc1C=CS(=O)(=O)N1CCC(N)(C(N)=O)CC1. The number of benzene rings is 1. The summed E-state index contributed by atoms with van der Waals surface area (Å²) in [7, 11) is -3.65. The second-order valence-electron chi connectivity index (χ2n) is 7.26. The number of nitrogens with zero attached hydrogens (tertiary/aromatic N) is 1. The summed E-state index contributed by atoms with van der Waals surface area (Å²) in [6, 6.07) is 5.22. The fraction of sp³-hybridized carbons (Fsp3) is 0.526. The van der Waals surface area contributed by atoms with Crippen molar-refractivity contribution < 1.29 is 28.2 Å². The van der Waals surface area contributed by atoms with Crippen LogP contribution in [0.25, 0.3) is 6.08 Å². The van der Waals surface area contributed by atoms with Crippen LogP contribution in [0, 0.1) is 6.92 Å². The number of carbonyl (C=O) groups is 1. The molecule has 0 radical (unpaired) electrons. The lowest BCUT2D eigenvalue weighted by Crippen LogP contribution is -2.58. The molecule has 1 aliphatic rings. The highest BCUT2D eigenvalue weighted by atomic mass is 32.2. The first kappa shape index (κ1) is 23.3. The normalized spacial score (nSPS) is 18.6. The molecule has 1 aromatic rings. The molecule has 10 heteroatoms. The molecule has 1 heterocycles. The van der Waals surface area contributed by atoms with Crippen LogP contribution in [0.15, 0.2) is 23.6 Å². The first-order chi connectivity index (χ1) is 13.6. The van der Waals surface area contributed by atoms with Gasteiger partial charge in [-0.05, 0) is 49.1 Å². The van der Waals surface area contributed by atoms with Gasteiger partial charge in [0.25, 0.3) is 0 Å². The lowest BCUT2D eigenvalue weighted by Gasteiger charge is -2.35. The van der Waals surface area contributed by atoms with Gasteiger partial charge in [0, 0.05) is 24.9 Å². The molecule has 0 bridgehead atoms. The minimum absolute atomic E-state index is 0.136. The van der Waals surface area contributed by atoms with Gasteiger partial charge in [0.1, 0.15) is 5.75 Å². The van der Waals surface area contributed by atoms with Crippen LogP contribution in [0.4, 0.5) is 0 Å². The second-order valence-corrected chi connectivity index (χ2v) is 9.08. The first-order valence-electron chi connectivity index (χ1n) is 9.37. The Bertz CT molecular complexity index is 848. The van der Waals surface area contributed by atoms with Gasteiger partial charge in [-0.3, -0.25) is 4.79 Å². The maximum absolute atomic E-state index is 12.6. The Morgan fingerprint density at radius 1 is 1.38 bits per heavy atom. The van der Waals surface area contributed by atoms with Gasteiger partial charge in [-0.15, -0.1) is 0 Å². The molecular formula is C19H29N3O6S. The maximum atomic E-state index is 12.6. The topological polar surface area (TPSA) is 156 Å². The Morgan fingerprint density at radius 3 is 2.59 bits per heavy atom. The third kappa shape index (κ3) is 6.25. The molecule has 0 spiro atoms. The van der Waals surface area contributed by atoms with Gasteiger partial charge in [0.15, 0.2) is 0 Å². The highest BCUT2D eigenvalue weighted by molar-refractivity contribution is 7.92. The van der Waals surface area contributed by atoms with Crippen LogP contribution in [0.3, 0.4) is 0 Å². The lowest BCUT2D eigenvalue weighted by atomic mass is 9.89. The maximum Gasteiger partial charge on any atom is 0.237 e. The van der Waals surface area contributed by atoms with Crippen LogP contribution in [-0.4, -0.2) is 66.8 Å². The molecule has 0 saturated carbocycles. The van der Waals surface area contributed by atoms with Crippen molar-refractivity contribution in [3.8, 4) is 5.75 Å². The number of piperidine rings is 1. The summed E-state index contributed by atoms with van der Waals surface area (Å²) in [5.74, 6) is -0.0247. The van der Waals surface area contributed by atoms with E-state index in [1.807, 2.05) is 6.92 Å². The molecule has 9 nitrogen and oxygen atoms in total. The Balaban J connectivity index is 1.99. The molecule has 162 valence electrons. The second kappa shape index (κ2) is 9.68. The average molecular weight is 428 g/mol. The molecule has 6 N–H and O–H groups in total. The van der Waals surface area contributed by atoms with Crippen molar-refractivity contribution in [2.24, 2.45) is 11.5 Å². The monoisotopic (exact) mass is 427 g/mol. The quantitative estimate of drug-likeness (QED) is 0.421. The predicted molar refractivity (Wildman–Crippen MR) is 109 cm³/mol. The molecule has 1 aromatic carbocycles. The van der Waals surface area contributed by atoms with E-state index in [4.69, 9.17) is 21.3 Å². The van der Waals surface area contributed by atoms with Gasteiger partial charge in [0.2, 0.25) is 15.9 Å². The Morgan fingerprint density at radius 2 is 2.03 bits per heavy atom. The zero-order valence-electron chi connectivity index (χ0n) is 16.5. The molecule has 0 aromatic heterocycles. The number of hydrogen-bond donors (Lipinski definition) is 4. The molecule has 1 saturated heterocycles. The van der Waals surface area contributed by atoms with Crippen molar-refractivity contribution in [3.05, 3.63) is 34.7 Å². The van der Waals surface area contributed by atoms with Gasteiger partial charge in [-0.2, -0.15) is 4.31 Å². The van der Waals surface area contributed by atoms with Crippen LogP contribution in [-0.2, 0) is 14.8 Å². The van der Waals surface area contributed by atoms with E-state index < -0.39 is 27.6 Å². The number of aliphatic hydroxyl groups excluding tert-OH is 2. The van der Waals surface area contributed by atoms with E-state index in [9.17, 15) is 18.3 Å². The van der Waals surface area contributed by atoms with Gasteiger partial charge < -0.3 is 26.4 Å². The third-order valence-corrected chi connectivity index (χ3v) is 6.62. The summed E-state index contributed by atoms with van der Waals surface area (Å²) >= 11 is 0. The van der Waals surface area contributed by atoms with Crippen molar-refractivity contribution in [2.45, 2.75) is 37.8 Å². The summed E-state index contributed by atoms with van der Waals surface area (Å²) in [5, 5.41) is 19.2. The van der Waals surface area contributed by atoms with E-state index >= 15 is 0 Å². The van der Waals surface area contributed by atoms with Crippen LogP contribution in [0.5, 0.6) is 5.75 Å². The van der Waals surface area contributed by atoms with Crippen molar-refractivity contribution in [3.63, 3.8) is 0 Å². The van der Waals surface area contributed by atoms with Crippen LogP contribution in [0.1, 0.15) is 30.4 Å². The van der Waals surface area contributed by atoms with E-state index in [1.54, 1.807) is 18.2 Å². The first-order valence-corrected chi connectivity index (χ1v) is 10.9. The summed E-state index contributed by atoms with van der Waals surface area (Å²) in [4.78, 5) is 11.4. The molecule has 1 amide bonds. The Labute approximate surface area is 171 Å². The fourth-order valence-electron chi connectivity index (χ4n) is 2.96. The molecular weight excluding hydrogens is 398 g/mol. The fourth-order valence-corrected chi connectivity index (χ4v) is 4.14. The average Bonchev–Trinajstić information content (AvgIpc) is 2.67. The van der Waals surface area contributed by atoms with E-state index in [-0.39, 0.29) is 39.1 Å². The Hall–Kier alpha value is -1.98. The summed E-state index contributed by atoms with van der Waals surface area (Å²) in [6.07, 6.45) is 1.38. The minimum atomic E-state index is -3.65. The molecule has 2 rings (SSSR count). The van der Waals surface area contributed by atoms with E-state index in [2.05, 4.69) is 0 Å². The smallest absolute Gasteiger partial charge is 0.237 e. The number of rotatable bonds is 9. The zero-order chi connectivity index (χ0) is 21.7. The van der Waals surface area contributed by atoms with Crippen molar-refractivity contribution in [1.82, 2.24) is 4.31 Å². The molecule has 29 heavy (non-hydrogen) atoms. The van der Waals surface area contributed by atoms with Crippen molar-refractivity contribution >= 4 is 22.0 Å². The van der Waals surface area contributed by atoms with E-state index in [0.29, 0.717) is 12.2 Å². The van der Waals surface area contributed by atoms with Crippen molar-refractivity contribution in [1.29, 1.82) is 0 Å². The highest BCUT2D eigenvalue weighted by Gasteiger charge is 2.38. The van der Waals surface area contributed by atoms with Crippen LogP contribution >= 0.6 is 0 Å². The number of aliphatic hydroxyl groups is 2. The largest absolute Gasteiger partial charge is 0.493 e. The standard InChI is InChI=1S/C19H29N3O6S/c1-14-12-17(28-10-4-16(24)13-23)3-2-15(14)5-11-29(26,27)22-8-6-19(21,7-9-22)18(20)25/h2-3,5,11-12,16,23-24H,4,6-10,13,21H2,1H3,(H2,20,25). The lowest BCUT2D eigenvalue weighted by molar-refractivity contribution is -0.124. The van der Waals surface area contributed by atoms with Crippen LogP contribution < -0.4 is 16.2 Å². The number of ether oxygens (including phenoxy) is 1. The van der Waals surface area contributed by atoms with E-state index in [0.717, 1.165) is 16.5 Å². The van der Waals surface area contributed by atoms with Gasteiger partial charge in [-0.25, -0.2) is 8.42 Å². The number of nitrogens with two attached hydrogens (primary N) is 2.